The summed E-state index contributed by atoms with van der Waals surface area (Å²) in [6.07, 6.45) is 6.75. The third-order valence-electron chi connectivity index (χ3n) is 10.6. The molecule has 0 aliphatic heterocycles. The summed E-state index contributed by atoms with van der Waals surface area (Å²) < 4.78 is 6.87. The first-order valence-electron chi connectivity index (χ1n) is 16.8. The average molecular weight is 647 g/mol. The number of pyridine rings is 2. The van der Waals surface area contributed by atoms with Crippen LogP contribution in [-0.2, 0) is 16.0 Å². The van der Waals surface area contributed by atoms with E-state index in [1.807, 2.05) is 63.2 Å². The predicted octanol–water partition coefficient (Wildman–Crippen LogP) is 5.60. The van der Waals surface area contributed by atoms with Crippen LogP contribution in [0.4, 0.5) is 0 Å². The van der Waals surface area contributed by atoms with Gasteiger partial charge in [-0.15, -0.1) is 0 Å². The normalized spacial score (nSPS) is 24.3. The molecule has 48 heavy (non-hydrogen) atoms. The first-order chi connectivity index (χ1) is 23.0. The van der Waals surface area contributed by atoms with E-state index in [4.69, 9.17) is 4.74 Å². The van der Waals surface area contributed by atoms with Crippen molar-refractivity contribution >= 4 is 28.8 Å². The Morgan fingerprint density at radius 2 is 1.62 bits per heavy atom. The van der Waals surface area contributed by atoms with Crippen molar-refractivity contribution in [3.63, 3.8) is 0 Å². The van der Waals surface area contributed by atoms with Gasteiger partial charge in [0.05, 0.1) is 12.5 Å². The summed E-state index contributed by atoms with van der Waals surface area (Å²) in [6, 6.07) is 20.0. The first kappa shape index (κ1) is 31.8. The fourth-order valence-corrected chi connectivity index (χ4v) is 8.62. The Kier molecular flexibility index (Phi) is 7.96. The summed E-state index contributed by atoms with van der Waals surface area (Å²) in [5.41, 5.74) is 1.91. The van der Waals surface area contributed by atoms with E-state index >= 15 is 0 Å². The number of aromatic nitrogens is 2. The molecular weight excluding hydrogens is 604 g/mol. The van der Waals surface area contributed by atoms with E-state index in [0.29, 0.717) is 45.6 Å². The van der Waals surface area contributed by atoms with Crippen molar-refractivity contribution in [3.05, 3.63) is 106 Å². The molecule has 9 heteroatoms. The summed E-state index contributed by atoms with van der Waals surface area (Å²) >= 11 is 0. The van der Waals surface area contributed by atoms with Crippen LogP contribution in [0.2, 0.25) is 0 Å². The Labute approximate surface area is 280 Å². The zero-order valence-electron chi connectivity index (χ0n) is 27.9. The van der Waals surface area contributed by atoms with E-state index in [0.717, 1.165) is 37.7 Å². The number of hydrogen-bond acceptors (Lipinski definition) is 6. The number of methoxy groups -OCH3 is 1. The standard InChI is InChI=1S/C39H42N4O5/c1-38(2,3)37(47)42-39-20-24-17-26(21-39)31(27(18-24)22-39)41-35(45)25-14-12-23(13-15-25)19-30-32(36(46)48-4)43(28-9-6-5-7-10-28)34-29(33(30)44)11-8-16-40-34/h5-16,24,26-27,31H,17-22H2,1-4H3,(H,41,45)(H,42,47)/t24?,26-,27+,31?,39?. The second kappa shape index (κ2) is 12.0. The molecule has 4 aromatic rings. The van der Waals surface area contributed by atoms with E-state index < -0.39 is 11.4 Å². The SMILES string of the molecule is COC(=O)c1c(Cc2ccc(C(=O)NC3[C@@H]4CC5C[C@H]3CC(NC(=O)C(C)(C)C)(C5)C4)cc2)c(=O)c2cccnc2n1-c1ccccc1. The molecule has 8 rings (SSSR count). The molecule has 0 saturated heterocycles. The van der Waals surface area contributed by atoms with Gasteiger partial charge in [-0.2, -0.15) is 0 Å². The van der Waals surface area contributed by atoms with Gasteiger partial charge in [0.25, 0.3) is 5.91 Å². The number of fused-ring (bicyclic) bond motifs is 1. The number of ether oxygens (including phenoxy) is 1. The molecule has 2 N–H and O–H groups in total. The lowest BCUT2D eigenvalue weighted by molar-refractivity contribution is -0.135. The molecule has 0 radical (unpaired) electrons. The van der Waals surface area contributed by atoms with Crippen LogP contribution >= 0.6 is 0 Å². The maximum Gasteiger partial charge on any atom is 0.355 e. The number of nitrogens with zero attached hydrogens (tertiary/aromatic N) is 2. The second-order valence-electron chi connectivity index (χ2n) is 15.0. The maximum atomic E-state index is 13.9. The van der Waals surface area contributed by atoms with Crippen LogP contribution in [0.15, 0.2) is 77.7 Å². The van der Waals surface area contributed by atoms with Gasteiger partial charge in [-0.3, -0.25) is 19.0 Å². The number of amides is 2. The van der Waals surface area contributed by atoms with E-state index in [1.165, 1.54) is 7.11 Å². The highest BCUT2D eigenvalue weighted by molar-refractivity contribution is 5.95. The van der Waals surface area contributed by atoms with Crippen molar-refractivity contribution in [2.24, 2.45) is 23.2 Å². The van der Waals surface area contributed by atoms with E-state index in [-0.39, 0.29) is 40.9 Å². The van der Waals surface area contributed by atoms with E-state index in [2.05, 4.69) is 15.6 Å². The van der Waals surface area contributed by atoms with Crippen LogP contribution in [0.25, 0.3) is 16.7 Å². The minimum atomic E-state index is -0.634. The highest BCUT2D eigenvalue weighted by atomic mass is 16.5. The Bertz CT molecular complexity index is 1940. The molecule has 2 amide bonds. The lowest BCUT2D eigenvalue weighted by Crippen LogP contribution is -2.67. The monoisotopic (exact) mass is 646 g/mol. The number of benzene rings is 2. The number of esters is 1. The first-order valence-corrected chi connectivity index (χ1v) is 16.8. The zero-order chi connectivity index (χ0) is 33.8. The lowest BCUT2D eigenvalue weighted by atomic mass is 9.51. The third kappa shape index (κ3) is 5.69. The second-order valence-corrected chi connectivity index (χ2v) is 15.0. The van der Waals surface area contributed by atoms with Gasteiger partial charge in [-0.1, -0.05) is 51.1 Å². The molecule has 3 unspecified atom stereocenters. The van der Waals surface area contributed by atoms with Crippen molar-refractivity contribution in [1.82, 2.24) is 20.2 Å². The molecule has 4 aliphatic rings. The van der Waals surface area contributed by atoms with Crippen molar-refractivity contribution < 1.29 is 19.1 Å². The molecule has 2 heterocycles. The van der Waals surface area contributed by atoms with Crippen molar-refractivity contribution in [1.29, 1.82) is 0 Å². The molecule has 4 aliphatic carbocycles. The van der Waals surface area contributed by atoms with Crippen molar-refractivity contribution in [2.45, 2.75) is 70.9 Å². The maximum absolute atomic E-state index is 13.9. The minimum Gasteiger partial charge on any atom is -0.464 e. The highest BCUT2D eigenvalue weighted by Gasteiger charge is 2.56. The van der Waals surface area contributed by atoms with Crippen molar-refractivity contribution in [3.8, 4) is 5.69 Å². The Balaban J connectivity index is 1.13. The van der Waals surface area contributed by atoms with Gasteiger partial charge in [0, 0.05) is 46.4 Å². The fourth-order valence-electron chi connectivity index (χ4n) is 8.62. The van der Waals surface area contributed by atoms with Crippen LogP contribution in [0.1, 0.15) is 84.8 Å². The average Bonchev–Trinajstić information content (AvgIpc) is 3.07. The Morgan fingerprint density at radius 3 is 2.27 bits per heavy atom. The molecule has 4 fully saturated rings. The van der Waals surface area contributed by atoms with Crippen LogP contribution in [0.5, 0.6) is 0 Å². The fraction of sp³-hybridized carbons (Fsp3) is 0.410. The summed E-state index contributed by atoms with van der Waals surface area (Å²) in [5.74, 6) is 0.608. The third-order valence-corrected chi connectivity index (χ3v) is 10.6. The van der Waals surface area contributed by atoms with Gasteiger partial charge in [-0.05, 0) is 91.8 Å². The van der Waals surface area contributed by atoms with E-state index in [9.17, 15) is 19.2 Å². The molecule has 9 nitrogen and oxygen atoms in total. The molecule has 4 saturated carbocycles. The zero-order valence-corrected chi connectivity index (χ0v) is 27.9. The number of para-hydroxylation sites is 1. The van der Waals surface area contributed by atoms with Gasteiger partial charge in [0.1, 0.15) is 11.3 Å². The van der Waals surface area contributed by atoms with Crippen LogP contribution in [0.3, 0.4) is 0 Å². The van der Waals surface area contributed by atoms with Crippen LogP contribution < -0.4 is 16.1 Å². The van der Waals surface area contributed by atoms with Gasteiger partial charge >= 0.3 is 5.97 Å². The lowest BCUT2D eigenvalue weighted by Gasteiger charge is -2.60. The number of carbonyl (C=O) groups is 3. The Morgan fingerprint density at radius 1 is 0.938 bits per heavy atom. The van der Waals surface area contributed by atoms with Gasteiger partial charge in [0.15, 0.2) is 5.43 Å². The van der Waals surface area contributed by atoms with Gasteiger partial charge in [0.2, 0.25) is 5.91 Å². The minimum absolute atomic E-state index is 0.0821. The molecule has 2 aromatic heterocycles. The largest absolute Gasteiger partial charge is 0.464 e. The summed E-state index contributed by atoms with van der Waals surface area (Å²) in [7, 11) is 1.30. The molecule has 4 bridgehead atoms. The highest BCUT2D eigenvalue weighted by Crippen LogP contribution is 2.56. The summed E-state index contributed by atoms with van der Waals surface area (Å²) in [4.78, 5) is 58.1. The number of hydrogen-bond donors (Lipinski definition) is 2. The summed E-state index contributed by atoms with van der Waals surface area (Å²) in [5, 5.41) is 7.19. The van der Waals surface area contributed by atoms with Gasteiger partial charge < -0.3 is 15.4 Å². The molecule has 248 valence electrons. The number of carbonyl (C=O) groups excluding carboxylic acids is 3. The molecule has 5 atom stereocenters. The van der Waals surface area contributed by atoms with Crippen LogP contribution in [-0.4, -0.2) is 46.0 Å². The number of rotatable bonds is 7. The van der Waals surface area contributed by atoms with Gasteiger partial charge in [-0.25, -0.2) is 9.78 Å². The van der Waals surface area contributed by atoms with Crippen LogP contribution in [0, 0.1) is 23.2 Å². The van der Waals surface area contributed by atoms with E-state index in [1.54, 1.807) is 35.0 Å². The summed E-state index contributed by atoms with van der Waals surface area (Å²) in [6.45, 7) is 5.86. The number of nitrogens with one attached hydrogen (secondary N) is 2. The molecular formula is C39H42N4O5. The Hall–Kier alpha value is -4.79. The topological polar surface area (TPSA) is 119 Å². The predicted molar refractivity (Wildman–Crippen MR) is 183 cm³/mol. The smallest absolute Gasteiger partial charge is 0.355 e. The molecule has 0 spiro atoms. The molecule has 2 aromatic carbocycles. The van der Waals surface area contributed by atoms with Crippen molar-refractivity contribution in [2.75, 3.05) is 7.11 Å². The quantitative estimate of drug-likeness (QED) is 0.252.